The third-order valence-corrected chi connectivity index (χ3v) is 6.63. The van der Waals surface area contributed by atoms with Crippen molar-refractivity contribution in [2.24, 2.45) is 0 Å². The monoisotopic (exact) mass is 552 g/mol. The number of hydrogen-bond donors (Lipinski definition) is 2. The van der Waals surface area contributed by atoms with Gasteiger partial charge in [0.25, 0.3) is 5.95 Å². The van der Waals surface area contributed by atoms with Crippen LogP contribution in [0.1, 0.15) is 54.2 Å². The summed E-state index contributed by atoms with van der Waals surface area (Å²) in [5.74, 6) is -2.87. The van der Waals surface area contributed by atoms with Crippen LogP contribution in [0.15, 0.2) is 54.6 Å². The Morgan fingerprint density at radius 2 is 1.10 bits per heavy atom. The Labute approximate surface area is 235 Å². The minimum Gasteiger partial charge on any atom is -0.481 e. The molecule has 208 valence electrons. The fourth-order valence-corrected chi connectivity index (χ4v) is 4.14. The molecular formula is C29H28N8O4. The van der Waals surface area contributed by atoms with Crippen LogP contribution in [0.5, 0.6) is 0 Å². The van der Waals surface area contributed by atoms with E-state index in [0.717, 1.165) is 16.7 Å². The fraction of sp³-hybridized carbons (Fsp3) is 0.241. The van der Waals surface area contributed by atoms with Crippen LogP contribution in [-0.4, -0.2) is 61.6 Å². The zero-order valence-corrected chi connectivity index (χ0v) is 23.1. The minimum atomic E-state index is -1.08. The van der Waals surface area contributed by atoms with E-state index in [2.05, 4.69) is 30.1 Å². The van der Waals surface area contributed by atoms with E-state index >= 15 is 0 Å². The summed E-state index contributed by atoms with van der Waals surface area (Å²) < 4.78 is 2.69. The first-order chi connectivity index (χ1) is 19.5. The maximum Gasteiger partial charge on any atom is 0.313 e. The summed E-state index contributed by atoms with van der Waals surface area (Å²) in [7, 11) is 0. The lowest BCUT2D eigenvalue weighted by molar-refractivity contribution is -0.139. The van der Waals surface area contributed by atoms with Gasteiger partial charge in [0.15, 0.2) is 17.5 Å². The largest absolute Gasteiger partial charge is 0.481 e. The van der Waals surface area contributed by atoms with Gasteiger partial charge in [-0.25, -0.2) is 15.0 Å². The molecule has 2 unspecified atom stereocenters. The summed E-state index contributed by atoms with van der Waals surface area (Å²) in [6.07, 6.45) is 0. The van der Waals surface area contributed by atoms with Gasteiger partial charge in [0.1, 0.15) is 23.5 Å². The smallest absolute Gasteiger partial charge is 0.313 e. The molecule has 0 aliphatic carbocycles. The number of carboxylic acid groups (broad SMARTS) is 2. The number of hydrogen-bond acceptors (Lipinski definition) is 8. The average molecular weight is 553 g/mol. The molecule has 0 saturated carbocycles. The van der Waals surface area contributed by atoms with Crippen molar-refractivity contribution in [3.8, 4) is 34.5 Å². The Bertz CT molecular complexity index is 1630. The van der Waals surface area contributed by atoms with Crippen LogP contribution < -0.4 is 0 Å². The van der Waals surface area contributed by atoms with Gasteiger partial charge < -0.3 is 10.2 Å². The number of carbonyl (C=O) groups is 2. The van der Waals surface area contributed by atoms with Crippen molar-refractivity contribution in [2.45, 2.75) is 46.5 Å². The highest BCUT2D eigenvalue weighted by atomic mass is 16.4. The van der Waals surface area contributed by atoms with E-state index in [0.29, 0.717) is 22.9 Å². The number of aromatic nitrogens is 8. The highest BCUT2D eigenvalue weighted by molar-refractivity contribution is 5.75. The normalized spacial score (nSPS) is 12.7. The fourth-order valence-electron chi connectivity index (χ4n) is 4.14. The minimum absolute atomic E-state index is 0.0651. The molecule has 0 radical (unpaired) electrons. The highest BCUT2D eigenvalue weighted by Gasteiger charge is 2.27. The van der Waals surface area contributed by atoms with Crippen molar-refractivity contribution in [3.05, 3.63) is 83.1 Å². The Balaban J connectivity index is 1.68. The van der Waals surface area contributed by atoms with Gasteiger partial charge in [-0.2, -0.15) is 14.3 Å². The summed E-state index contributed by atoms with van der Waals surface area (Å²) in [4.78, 5) is 42.2. The van der Waals surface area contributed by atoms with Crippen LogP contribution in [0.2, 0.25) is 0 Å². The molecule has 12 heteroatoms. The van der Waals surface area contributed by atoms with Gasteiger partial charge in [-0.3, -0.25) is 9.59 Å². The van der Waals surface area contributed by atoms with Crippen molar-refractivity contribution in [1.82, 2.24) is 39.5 Å². The number of benzene rings is 2. The Morgan fingerprint density at radius 1 is 0.659 bits per heavy atom. The topological polar surface area (TPSA) is 162 Å². The number of rotatable bonds is 8. The molecule has 0 spiro atoms. The number of nitrogens with zero attached hydrogens (tertiary/aromatic N) is 8. The molecule has 3 aromatic heterocycles. The van der Waals surface area contributed by atoms with E-state index in [4.69, 9.17) is 0 Å². The summed E-state index contributed by atoms with van der Waals surface area (Å²) in [6, 6.07) is 16.8. The van der Waals surface area contributed by atoms with Gasteiger partial charge in [-0.15, -0.1) is 10.2 Å². The molecule has 12 nitrogen and oxygen atoms in total. The Morgan fingerprint density at radius 3 is 1.56 bits per heavy atom. The summed E-state index contributed by atoms with van der Waals surface area (Å²) >= 11 is 0. The van der Waals surface area contributed by atoms with Crippen LogP contribution >= 0.6 is 0 Å². The predicted molar refractivity (Wildman–Crippen MR) is 149 cm³/mol. The van der Waals surface area contributed by atoms with E-state index in [1.807, 2.05) is 62.4 Å². The van der Waals surface area contributed by atoms with Gasteiger partial charge in [0, 0.05) is 22.9 Å². The molecule has 5 aromatic rings. The third-order valence-electron chi connectivity index (χ3n) is 6.63. The lowest BCUT2D eigenvalue weighted by atomic mass is 10.1. The maximum atomic E-state index is 12.0. The van der Waals surface area contributed by atoms with Gasteiger partial charge >= 0.3 is 11.9 Å². The maximum absolute atomic E-state index is 12.0. The zero-order valence-electron chi connectivity index (χ0n) is 23.1. The molecule has 0 fully saturated rings. The molecule has 2 atom stereocenters. The predicted octanol–water partition coefficient (Wildman–Crippen LogP) is 4.27. The molecule has 2 aromatic carbocycles. The molecule has 0 bridgehead atoms. The van der Waals surface area contributed by atoms with Crippen LogP contribution in [0.3, 0.4) is 0 Å². The molecule has 3 heterocycles. The molecule has 0 saturated heterocycles. The lowest BCUT2D eigenvalue weighted by Crippen LogP contribution is -2.18. The molecule has 41 heavy (non-hydrogen) atoms. The number of aliphatic carboxylic acids is 2. The Hall–Kier alpha value is -5.26. The molecule has 0 amide bonds. The van der Waals surface area contributed by atoms with Gasteiger partial charge in [-0.05, 0) is 34.6 Å². The molecule has 5 rings (SSSR count). The molecule has 2 N–H and O–H groups in total. The summed E-state index contributed by atoms with van der Waals surface area (Å²) in [5, 5.41) is 28.8. The second-order valence-electron chi connectivity index (χ2n) is 9.93. The molecule has 0 aliphatic heterocycles. The first kappa shape index (κ1) is 27.3. The number of carboxylic acids is 2. The van der Waals surface area contributed by atoms with Crippen LogP contribution in [0, 0.1) is 20.8 Å². The SMILES string of the molecule is Cc1ccc(-c2nc(C(C)C(=O)O)n(-c3cc(C)nc(-n4nc(-c5ccc(C)cc5)nc4C(C)C(=O)O)n3)n2)cc1. The van der Waals surface area contributed by atoms with Crippen molar-refractivity contribution >= 4 is 11.9 Å². The van der Waals surface area contributed by atoms with Crippen molar-refractivity contribution in [2.75, 3.05) is 0 Å². The van der Waals surface area contributed by atoms with E-state index in [1.165, 1.54) is 23.2 Å². The number of aryl methyl sites for hydroxylation is 3. The summed E-state index contributed by atoms with van der Waals surface area (Å²) in [5.41, 5.74) is 4.07. The zero-order chi connectivity index (χ0) is 29.4. The standard InChI is InChI=1S/C29H28N8O4/c1-15-6-10-20(11-7-15)23-32-25(18(4)27(38)39)36(34-23)22-14-17(3)30-29(31-22)37-26(19(5)28(40)41)33-24(35-37)21-12-8-16(2)9-13-21/h6-14,18-19H,1-5H3,(H,38,39)(H,40,41). The second-order valence-corrected chi connectivity index (χ2v) is 9.93. The van der Waals surface area contributed by atoms with Crippen LogP contribution in [0.4, 0.5) is 0 Å². The molecule has 0 aliphatic rings. The van der Waals surface area contributed by atoms with Crippen molar-refractivity contribution in [3.63, 3.8) is 0 Å². The van der Waals surface area contributed by atoms with Crippen molar-refractivity contribution in [1.29, 1.82) is 0 Å². The Kier molecular flexibility index (Phi) is 7.14. The van der Waals surface area contributed by atoms with E-state index in [1.54, 1.807) is 13.0 Å². The van der Waals surface area contributed by atoms with Crippen LogP contribution in [0.25, 0.3) is 34.5 Å². The van der Waals surface area contributed by atoms with Gasteiger partial charge in [0.05, 0.1) is 0 Å². The van der Waals surface area contributed by atoms with E-state index in [9.17, 15) is 19.8 Å². The molecular weight excluding hydrogens is 524 g/mol. The third kappa shape index (κ3) is 5.44. The van der Waals surface area contributed by atoms with E-state index < -0.39 is 23.8 Å². The second kappa shape index (κ2) is 10.7. The quantitative estimate of drug-likeness (QED) is 0.284. The first-order valence-electron chi connectivity index (χ1n) is 12.9. The van der Waals surface area contributed by atoms with Gasteiger partial charge in [0.2, 0.25) is 0 Å². The highest BCUT2D eigenvalue weighted by Crippen LogP contribution is 2.26. The first-order valence-corrected chi connectivity index (χ1v) is 12.9. The van der Waals surface area contributed by atoms with Crippen molar-refractivity contribution < 1.29 is 19.8 Å². The van der Waals surface area contributed by atoms with Gasteiger partial charge in [-0.1, -0.05) is 59.7 Å². The van der Waals surface area contributed by atoms with Crippen LogP contribution in [-0.2, 0) is 9.59 Å². The van der Waals surface area contributed by atoms with E-state index in [-0.39, 0.29) is 23.4 Å². The average Bonchev–Trinajstić information content (AvgIpc) is 3.58. The lowest BCUT2D eigenvalue weighted by Gasteiger charge is -2.12. The summed E-state index contributed by atoms with van der Waals surface area (Å²) in [6.45, 7) is 8.70.